The molecule has 4 heterocycles. The number of aliphatic carboxylic acids is 1. The maximum atomic E-state index is 13.4. The van der Waals surface area contributed by atoms with Crippen LogP contribution in [0.5, 0.6) is 23.0 Å². The van der Waals surface area contributed by atoms with Gasteiger partial charge in [0, 0.05) is 49.2 Å². The first kappa shape index (κ1) is 36.9. The lowest BCUT2D eigenvalue weighted by atomic mass is 9.79. The molecule has 2 fully saturated rings. The predicted molar refractivity (Wildman–Crippen MR) is 183 cm³/mol. The number of carbonyl (C=O) groups is 1. The first-order valence-electron chi connectivity index (χ1n) is 16.4. The lowest BCUT2D eigenvalue weighted by molar-refractivity contribution is -0.307. The average molecular weight is 728 g/mol. The molecule has 2 saturated heterocycles. The molecule has 0 radical (unpaired) electrons. The number of carboxylic acid groups (broad SMARTS) is 1. The van der Waals surface area contributed by atoms with E-state index in [0.717, 1.165) is 0 Å². The van der Waals surface area contributed by atoms with Crippen molar-refractivity contribution in [2.24, 2.45) is 0 Å². The molecular formula is C34H41N5O13. The Kier molecular flexibility index (Phi) is 10.9. The van der Waals surface area contributed by atoms with Crippen LogP contribution in [0.25, 0.3) is 22.3 Å². The normalized spacial score (nSPS) is 25.2. The van der Waals surface area contributed by atoms with Crippen LogP contribution >= 0.6 is 0 Å². The van der Waals surface area contributed by atoms with Crippen molar-refractivity contribution in [3.8, 4) is 34.3 Å². The summed E-state index contributed by atoms with van der Waals surface area (Å²) < 4.78 is 28.9. The number of benzene rings is 2. The third-order valence-electron chi connectivity index (χ3n) is 8.93. The van der Waals surface area contributed by atoms with Gasteiger partial charge in [0.05, 0.1) is 0 Å². The Balaban J connectivity index is 1.28. The second-order valence-electron chi connectivity index (χ2n) is 12.6. The van der Waals surface area contributed by atoms with E-state index in [1.54, 1.807) is 43.4 Å². The zero-order valence-corrected chi connectivity index (χ0v) is 27.9. The number of aromatic amines is 1. The highest BCUT2D eigenvalue weighted by molar-refractivity contribution is 5.89. The second kappa shape index (κ2) is 15.4. The molecule has 0 saturated carbocycles. The lowest BCUT2D eigenvalue weighted by Gasteiger charge is -2.47. The largest absolute Gasteiger partial charge is 0.504 e. The van der Waals surface area contributed by atoms with E-state index < -0.39 is 59.5 Å². The first-order chi connectivity index (χ1) is 24.9. The van der Waals surface area contributed by atoms with Crippen molar-refractivity contribution in [2.75, 3.05) is 45.8 Å². The van der Waals surface area contributed by atoms with Gasteiger partial charge in [0.1, 0.15) is 65.4 Å². The summed E-state index contributed by atoms with van der Waals surface area (Å²) in [6.45, 7) is 1.00. The molecule has 0 amide bonds. The number of nitrogens with one attached hydrogen (secondary N) is 4. The Morgan fingerprint density at radius 2 is 1.92 bits per heavy atom. The molecule has 52 heavy (non-hydrogen) atoms. The molecule has 2 aliphatic heterocycles. The number of aliphatic hydroxyl groups excluding tert-OH is 3. The summed E-state index contributed by atoms with van der Waals surface area (Å²) in [5.74, 6) is -2.02. The highest BCUT2D eigenvalue weighted by Crippen LogP contribution is 2.44. The Hall–Kier alpha value is -4.92. The van der Waals surface area contributed by atoms with Crippen LogP contribution in [0.3, 0.4) is 0 Å². The van der Waals surface area contributed by atoms with E-state index in [4.69, 9.17) is 29.1 Å². The van der Waals surface area contributed by atoms with Gasteiger partial charge in [-0.3, -0.25) is 4.79 Å². The molecule has 2 aliphatic rings. The van der Waals surface area contributed by atoms with Gasteiger partial charge >= 0.3 is 5.97 Å². The Morgan fingerprint density at radius 1 is 1.15 bits per heavy atom. The van der Waals surface area contributed by atoms with E-state index in [-0.39, 0.29) is 47.9 Å². The van der Waals surface area contributed by atoms with Crippen LogP contribution in [0, 0.1) is 0 Å². The fraction of sp³-hybridized carbons (Fsp3) is 0.412. The first-order valence-corrected chi connectivity index (χ1v) is 16.4. The number of aromatic nitrogens is 1. The fourth-order valence-corrected chi connectivity index (χ4v) is 6.22. The van der Waals surface area contributed by atoms with Crippen LogP contribution in [-0.4, -0.2) is 118 Å². The van der Waals surface area contributed by atoms with Gasteiger partial charge in [-0.2, -0.15) is 0 Å². The molecule has 0 bridgehead atoms. The minimum Gasteiger partial charge on any atom is -0.504 e. The molecule has 280 valence electrons. The van der Waals surface area contributed by atoms with Crippen molar-refractivity contribution in [3.05, 3.63) is 64.4 Å². The van der Waals surface area contributed by atoms with Gasteiger partial charge < -0.3 is 80.7 Å². The molecule has 7 atom stereocenters. The van der Waals surface area contributed by atoms with Crippen LogP contribution in [0.15, 0.2) is 57.7 Å². The highest BCUT2D eigenvalue weighted by atomic mass is 16.7. The van der Waals surface area contributed by atoms with Gasteiger partial charge in [-0.15, -0.1) is 0 Å². The Labute approximate surface area is 295 Å². The highest BCUT2D eigenvalue weighted by Gasteiger charge is 2.59. The number of anilines is 1. The van der Waals surface area contributed by atoms with Gasteiger partial charge in [0.25, 0.3) is 0 Å². The van der Waals surface area contributed by atoms with E-state index in [0.29, 0.717) is 42.6 Å². The number of nitrogens with two attached hydrogens (primary N) is 1. The predicted octanol–water partition coefficient (Wildman–Crippen LogP) is -0.663. The van der Waals surface area contributed by atoms with E-state index in [2.05, 4.69) is 20.9 Å². The van der Waals surface area contributed by atoms with Crippen molar-refractivity contribution in [1.29, 1.82) is 0 Å². The van der Waals surface area contributed by atoms with Gasteiger partial charge in [-0.05, 0) is 49.9 Å². The zero-order chi connectivity index (χ0) is 37.2. The number of rotatable bonds is 14. The quantitative estimate of drug-likeness (QED) is 0.0719. The summed E-state index contributed by atoms with van der Waals surface area (Å²) in [7, 11) is 1.66. The summed E-state index contributed by atoms with van der Waals surface area (Å²) in [5, 5.41) is 73.8. The molecule has 4 aromatic rings. The molecule has 0 aliphatic carbocycles. The van der Waals surface area contributed by atoms with Crippen molar-refractivity contribution >= 4 is 22.8 Å². The third-order valence-corrected chi connectivity index (χ3v) is 8.93. The Bertz CT molecular complexity index is 1930. The number of hydrogen-bond donors (Lipinski definition) is 11. The summed E-state index contributed by atoms with van der Waals surface area (Å²) in [5.41, 5.74) is 3.39. The topological polar surface area (TPSA) is 283 Å². The molecule has 6 rings (SSSR count). The van der Waals surface area contributed by atoms with Crippen molar-refractivity contribution < 1.29 is 58.8 Å². The van der Waals surface area contributed by atoms with Crippen molar-refractivity contribution in [3.63, 3.8) is 0 Å². The molecule has 0 spiro atoms. The molecule has 12 N–H and O–H groups in total. The number of carboxylic acids is 1. The average Bonchev–Trinajstić information content (AvgIpc) is 3.80. The molecule has 7 unspecified atom stereocenters. The smallest absolute Gasteiger partial charge is 0.336 e. The van der Waals surface area contributed by atoms with Crippen LogP contribution in [0.2, 0.25) is 0 Å². The number of ether oxygens (including phenoxy) is 4. The van der Waals surface area contributed by atoms with Crippen LogP contribution in [0.4, 0.5) is 5.82 Å². The molecule has 18 nitrogen and oxygen atoms in total. The fourth-order valence-electron chi connectivity index (χ4n) is 6.22. The van der Waals surface area contributed by atoms with Crippen LogP contribution < -0.4 is 41.3 Å². The van der Waals surface area contributed by atoms with Crippen molar-refractivity contribution in [1.82, 2.24) is 20.9 Å². The maximum absolute atomic E-state index is 13.4. The van der Waals surface area contributed by atoms with E-state index in [9.17, 15) is 40.2 Å². The van der Waals surface area contributed by atoms with E-state index in [1.165, 1.54) is 12.1 Å². The number of likely N-dealkylation sites (N-methyl/N-ethyl adjacent to an activating group) is 1. The number of phenolic OH excluding ortho intramolecular Hbond substituents is 1. The minimum absolute atomic E-state index is 0.0174. The standard InChI is InChI=1S/C34H41N5O13/c1-36-8-9-48-29-24(51-33-28(43)30(44)34(47,31(52-33)32(45)46)12-17-13-37-15-38-17)11-23-26(27(29)42)20(40)10-22(50-23)16-2-4-18(5-3-16)49-14-21(41)19-6-7-25(35)39-19/h2-7,10-11,17,21,28,30-31,33,36-39,41-44,47H,8-9,12-15,35H2,1H3,(H,45,46). The lowest BCUT2D eigenvalue weighted by Crippen LogP contribution is -2.70. The van der Waals surface area contributed by atoms with Gasteiger partial charge in [-0.1, -0.05) is 0 Å². The number of phenols is 1. The van der Waals surface area contributed by atoms with E-state index in [1.807, 2.05) is 0 Å². The molecule has 18 heteroatoms. The zero-order valence-electron chi connectivity index (χ0n) is 27.9. The van der Waals surface area contributed by atoms with Gasteiger partial charge in [0.15, 0.2) is 23.0 Å². The summed E-state index contributed by atoms with van der Waals surface area (Å²) in [6.07, 6.45) is -9.16. The number of hydrogen-bond acceptors (Lipinski definition) is 16. The van der Waals surface area contributed by atoms with Gasteiger partial charge in [0.2, 0.25) is 12.0 Å². The van der Waals surface area contributed by atoms with E-state index >= 15 is 0 Å². The monoisotopic (exact) mass is 727 g/mol. The van der Waals surface area contributed by atoms with Crippen LogP contribution in [0.1, 0.15) is 18.2 Å². The Morgan fingerprint density at radius 3 is 2.58 bits per heavy atom. The number of nitrogen functional groups attached to an aromatic ring is 1. The number of H-pyrrole nitrogens is 1. The number of aliphatic hydroxyl groups is 4. The molecule has 2 aromatic carbocycles. The summed E-state index contributed by atoms with van der Waals surface area (Å²) in [4.78, 5) is 28.5. The van der Waals surface area contributed by atoms with Gasteiger partial charge in [-0.25, -0.2) is 4.79 Å². The van der Waals surface area contributed by atoms with Crippen molar-refractivity contribution in [2.45, 2.75) is 48.8 Å². The molecule has 2 aromatic heterocycles. The third kappa shape index (κ3) is 7.50. The molecular weight excluding hydrogens is 686 g/mol. The minimum atomic E-state index is -2.41. The number of fused-ring (bicyclic) bond motifs is 1. The van der Waals surface area contributed by atoms with Crippen LogP contribution in [-0.2, 0) is 9.53 Å². The summed E-state index contributed by atoms with van der Waals surface area (Å²) >= 11 is 0. The number of aromatic hydroxyl groups is 1. The second-order valence-corrected chi connectivity index (χ2v) is 12.6. The summed E-state index contributed by atoms with van der Waals surface area (Å²) in [6, 6.07) is 11.7. The SMILES string of the molecule is CNCCOc1c(OC2OC(C(=O)O)C(O)(CC3CNCN3)C(O)C2O)cc2oc(-c3ccc(OCC(O)c4ccc(N)[nH]4)cc3)cc(=O)c2c1O. The maximum Gasteiger partial charge on any atom is 0.336 e.